The summed E-state index contributed by atoms with van der Waals surface area (Å²) in [4.78, 5) is 29.1. The number of hydrogen-bond acceptors (Lipinski definition) is 3. The minimum atomic E-state index is -0.621. The lowest BCUT2D eigenvalue weighted by Gasteiger charge is -2.23. The maximum atomic E-state index is 12.6. The Kier molecular flexibility index (Phi) is 5.30. The highest BCUT2D eigenvalue weighted by molar-refractivity contribution is 5.98. The largest absolute Gasteiger partial charge is 0.350 e. The maximum absolute atomic E-state index is 12.6. The van der Waals surface area contributed by atoms with Crippen LogP contribution in [0.4, 0.5) is 0 Å². The number of aryl methyl sites for hydroxylation is 1. The first-order valence-corrected chi connectivity index (χ1v) is 8.33. The molecule has 2 heterocycles. The molecule has 2 aromatic heterocycles. The van der Waals surface area contributed by atoms with E-state index in [4.69, 9.17) is 0 Å². The Labute approximate surface area is 148 Å². The molecule has 0 aliphatic rings. The quantitative estimate of drug-likeness (QED) is 0.896. The molecule has 0 radical (unpaired) electrons. The Morgan fingerprint density at radius 3 is 2.44 bits per heavy atom. The molecular weight excluding hydrogens is 316 g/mol. The molecule has 25 heavy (non-hydrogen) atoms. The summed E-state index contributed by atoms with van der Waals surface area (Å²) >= 11 is 0. The first kappa shape index (κ1) is 18.7. The van der Waals surface area contributed by atoms with Crippen molar-refractivity contribution in [1.29, 1.82) is 0 Å². The number of nitrogens with one attached hydrogen (secondary N) is 2. The molecule has 0 bridgehead atoms. The number of nitrogens with zero attached hydrogens (tertiary/aromatic N) is 2. The summed E-state index contributed by atoms with van der Waals surface area (Å²) in [5.41, 5.74) is 1.90. The molecule has 0 spiro atoms. The summed E-state index contributed by atoms with van der Waals surface area (Å²) in [5.74, 6) is 0.279. The van der Waals surface area contributed by atoms with Gasteiger partial charge < -0.3 is 15.2 Å². The first-order valence-electron chi connectivity index (χ1n) is 8.33. The van der Waals surface area contributed by atoms with Gasteiger partial charge in [0.1, 0.15) is 11.9 Å². The normalized spacial score (nSPS) is 12.6. The molecule has 6 heteroatoms. The molecule has 0 aliphatic carbocycles. The van der Waals surface area contributed by atoms with E-state index in [1.165, 1.54) is 0 Å². The van der Waals surface area contributed by atoms with Gasteiger partial charge in [-0.2, -0.15) is 0 Å². The van der Waals surface area contributed by atoms with Crippen LogP contribution in [0.3, 0.4) is 0 Å². The topological polar surface area (TPSA) is 76.0 Å². The summed E-state index contributed by atoms with van der Waals surface area (Å²) in [5, 5.41) is 5.63. The van der Waals surface area contributed by atoms with Crippen LogP contribution < -0.4 is 10.6 Å². The molecular formula is C19H26N4O2. The van der Waals surface area contributed by atoms with Crippen LogP contribution in [0, 0.1) is 13.8 Å². The van der Waals surface area contributed by atoms with Crippen molar-refractivity contribution >= 4 is 11.8 Å². The molecule has 0 fully saturated rings. The van der Waals surface area contributed by atoms with Gasteiger partial charge in [-0.15, -0.1) is 0 Å². The molecule has 6 nitrogen and oxygen atoms in total. The van der Waals surface area contributed by atoms with Crippen LogP contribution in [0.15, 0.2) is 30.5 Å². The highest BCUT2D eigenvalue weighted by atomic mass is 16.2. The van der Waals surface area contributed by atoms with Gasteiger partial charge in [-0.1, -0.05) is 6.07 Å². The summed E-state index contributed by atoms with van der Waals surface area (Å²) < 4.78 is 1.93. The lowest BCUT2D eigenvalue weighted by molar-refractivity contribution is -0.124. The minimum Gasteiger partial charge on any atom is -0.350 e. The van der Waals surface area contributed by atoms with Gasteiger partial charge in [0, 0.05) is 23.1 Å². The molecule has 2 aromatic rings. The van der Waals surface area contributed by atoms with Gasteiger partial charge in [-0.25, -0.2) is 4.98 Å². The molecule has 2 rings (SSSR count). The van der Waals surface area contributed by atoms with Crippen molar-refractivity contribution < 1.29 is 9.59 Å². The number of rotatable bonds is 4. The van der Waals surface area contributed by atoms with Crippen molar-refractivity contribution in [3.8, 4) is 5.82 Å². The summed E-state index contributed by atoms with van der Waals surface area (Å²) in [6.45, 7) is 11.2. The second-order valence-corrected chi connectivity index (χ2v) is 7.24. The molecule has 1 unspecified atom stereocenters. The number of pyridine rings is 1. The number of aromatic nitrogens is 2. The van der Waals surface area contributed by atoms with Gasteiger partial charge in [0.15, 0.2) is 0 Å². The van der Waals surface area contributed by atoms with Crippen LogP contribution in [0.5, 0.6) is 0 Å². The van der Waals surface area contributed by atoms with Crippen molar-refractivity contribution in [2.75, 3.05) is 0 Å². The summed E-state index contributed by atoms with van der Waals surface area (Å²) in [6.07, 6.45) is 1.72. The highest BCUT2D eigenvalue weighted by Gasteiger charge is 2.23. The minimum absolute atomic E-state index is 0.209. The molecule has 0 saturated heterocycles. The Balaban J connectivity index is 2.20. The third kappa shape index (κ3) is 4.47. The van der Waals surface area contributed by atoms with E-state index in [-0.39, 0.29) is 17.4 Å². The van der Waals surface area contributed by atoms with E-state index in [1.807, 2.05) is 63.5 Å². The maximum Gasteiger partial charge on any atom is 0.253 e. The number of carbonyl (C=O) groups is 2. The Hall–Kier alpha value is -2.63. The van der Waals surface area contributed by atoms with Gasteiger partial charge in [-0.05, 0) is 59.7 Å². The first-order chi connectivity index (χ1) is 11.6. The van der Waals surface area contributed by atoms with E-state index in [9.17, 15) is 9.59 Å². The summed E-state index contributed by atoms with van der Waals surface area (Å²) in [6, 6.07) is 6.83. The number of carbonyl (C=O) groups excluding carboxylic acids is 2. The third-order valence-corrected chi connectivity index (χ3v) is 3.79. The number of amides is 2. The zero-order valence-electron chi connectivity index (χ0n) is 15.7. The fourth-order valence-electron chi connectivity index (χ4n) is 2.65. The summed E-state index contributed by atoms with van der Waals surface area (Å²) in [7, 11) is 0. The predicted molar refractivity (Wildman–Crippen MR) is 97.9 cm³/mol. The molecule has 1 atom stereocenters. The van der Waals surface area contributed by atoms with Crippen LogP contribution in [0.1, 0.15) is 49.4 Å². The molecule has 2 amide bonds. The Morgan fingerprint density at radius 2 is 1.88 bits per heavy atom. The Morgan fingerprint density at radius 1 is 1.20 bits per heavy atom. The molecule has 0 aromatic carbocycles. The fraction of sp³-hybridized carbons (Fsp3) is 0.421. The van der Waals surface area contributed by atoms with Gasteiger partial charge in [0.25, 0.3) is 5.91 Å². The third-order valence-electron chi connectivity index (χ3n) is 3.79. The van der Waals surface area contributed by atoms with Gasteiger partial charge >= 0.3 is 0 Å². The van der Waals surface area contributed by atoms with Crippen molar-refractivity contribution in [3.05, 3.63) is 47.4 Å². The lowest BCUT2D eigenvalue weighted by Crippen LogP contribution is -2.50. The van der Waals surface area contributed by atoms with Crippen molar-refractivity contribution in [3.63, 3.8) is 0 Å². The van der Waals surface area contributed by atoms with E-state index in [0.717, 1.165) is 17.2 Å². The van der Waals surface area contributed by atoms with Crippen LogP contribution in [-0.4, -0.2) is 32.9 Å². The predicted octanol–water partition coefficient (Wildman–Crippen LogP) is 2.52. The van der Waals surface area contributed by atoms with Crippen molar-refractivity contribution in [1.82, 2.24) is 20.2 Å². The molecule has 0 aliphatic heterocycles. The lowest BCUT2D eigenvalue weighted by atomic mass is 10.1. The fourth-order valence-corrected chi connectivity index (χ4v) is 2.65. The van der Waals surface area contributed by atoms with Crippen LogP contribution in [0.2, 0.25) is 0 Å². The average Bonchev–Trinajstić information content (AvgIpc) is 2.81. The van der Waals surface area contributed by atoms with E-state index < -0.39 is 6.04 Å². The highest BCUT2D eigenvalue weighted by Crippen LogP contribution is 2.19. The average molecular weight is 342 g/mol. The van der Waals surface area contributed by atoms with Crippen molar-refractivity contribution in [2.24, 2.45) is 0 Å². The van der Waals surface area contributed by atoms with Crippen LogP contribution in [-0.2, 0) is 4.79 Å². The van der Waals surface area contributed by atoms with Crippen LogP contribution >= 0.6 is 0 Å². The van der Waals surface area contributed by atoms with Gasteiger partial charge in [0.2, 0.25) is 5.91 Å². The smallest absolute Gasteiger partial charge is 0.253 e. The molecule has 134 valence electrons. The van der Waals surface area contributed by atoms with Crippen LogP contribution in [0.25, 0.3) is 5.82 Å². The molecule has 0 saturated carbocycles. The second-order valence-electron chi connectivity index (χ2n) is 7.24. The zero-order chi connectivity index (χ0) is 18.8. The zero-order valence-corrected chi connectivity index (χ0v) is 15.7. The van der Waals surface area contributed by atoms with E-state index >= 15 is 0 Å². The van der Waals surface area contributed by atoms with E-state index in [0.29, 0.717) is 5.56 Å². The van der Waals surface area contributed by atoms with Gasteiger partial charge in [0.05, 0.1) is 5.56 Å². The van der Waals surface area contributed by atoms with Gasteiger partial charge in [-0.3, -0.25) is 9.59 Å². The van der Waals surface area contributed by atoms with Crippen molar-refractivity contribution in [2.45, 2.75) is 53.1 Å². The monoisotopic (exact) mass is 342 g/mol. The standard InChI is InChI=1S/C19H26N4O2/c1-12-11-15(14(3)23(12)16-9-7-8-10-20-16)18(25)21-13(2)17(24)22-19(4,5)6/h7-11,13H,1-6H3,(H,21,25)(H,22,24). The number of hydrogen-bond donors (Lipinski definition) is 2. The van der Waals surface area contributed by atoms with E-state index in [2.05, 4.69) is 15.6 Å². The Bertz CT molecular complexity index is 773. The second kappa shape index (κ2) is 7.09. The SMILES string of the molecule is Cc1cc(C(=O)NC(C)C(=O)NC(C)(C)C)c(C)n1-c1ccccn1. The molecule has 2 N–H and O–H groups in total. The van der Waals surface area contributed by atoms with E-state index in [1.54, 1.807) is 13.1 Å².